The van der Waals surface area contributed by atoms with Gasteiger partial charge in [0.1, 0.15) is 10.9 Å². The third kappa shape index (κ3) is 7.53. The maximum absolute atomic E-state index is 12.3. The summed E-state index contributed by atoms with van der Waals surface area (Å²) in [5.74, 6) is -0.488. The average molecular weight is 441 g/mol. The van der Waals surface area contributed by atoms with E-state index in [9.17, 15) is 14.7 Å². The van der Waals surface area contributed by atoms with Crippen molar-refractivity contribution in [3.05, 3.63) is 57.8 Å². The highest BCUT2D eigenvalue weighted by atomic mass is 35.5. The minimum absolute atomic E-state index is 0.0790. The van der Waals surface area contributed by atoms with E-state index >= 15 is 0 Å². The van der Waals surface area contributed by atoms with Gasteiger partial charge in [0.05, 0.1) is 12.3 Å². The lowest BCUT2D eigenvalue weighted by atomic mass is 10.1. The monoisotopic (exact) mass is 440 g/mol. The Bertz CT molecular complexity index is 825. The van der Waals surface area contributed by atoms with Crippen LogP contribution in [0.2, 0.25) is 10.2 Å². The van der Waals surface area contributed by atoms with Gasteiger partial charge in [-0.3, -0.25) is 4.79 Å². The quantitative estimate of drug-likeness (QED) is 0.459. The first-order chi connectivity index (χ1) is 13.8. The van der Waals surface area contributed by atoms with Crippen LogP contribution in [-0.4, -0.2) is 41.2 Å². The highest BCUT2D eigenvalue weighted by Crippen LogP contribution is 2.20. The van der Waals surface area contributed by atoms with Crippen molar-refractivity contribution in [3.63, 3.8) is 0 Å². The minimum atomic E-state index is -1.48. The lowest BCUT2D eigenvalue weighted by molar-refractivity contribution is -0.145. The highest BCUT2D eigenvalue weighted by Gasteiger charge is 2.21. The van der Waals surface area contributed by atoms with E-state index in [1.54, 1.807) is 19.1 Å². The molecule has 7 nitrogen and oxygen atoms in total. The van der Waals surface area contributed by atoms with Crippen LogP contribution < -0.4 is 10.1 Å². The Morgan fingerprint density at radius 1 is 1.21 bits per heavy atom. The van der Waals surface area contributed by atoms with Gasteiger partial charge in [0, 0.05) is 11.1 Å². The Morgan fingerprint density at radius 3 is 2.52 bits per heavy atom. The summed E-state index contributed by atoms with van der Waals surface area (Å²) in [6.07, 6.45) is -0.951. The fourth-order valence-corrected chi connectivity index (χ4v) is 3.04. The van der Waals surface area contributed by atoms with Crippen LogP contribution in [0.1, 0.15) is 31.2 Å². The van der Waals surface area contributed by atoms with Crippen LogP contribution in [0.15, 0.2) is 36.4 Å². The summed E-state index contributed by atoms with van der Waals surface area (Å²) < 4.78 is 10.1. The largest absolute Gasteiger partial charge is 0.482 e. The number of aliphatic hydroxyl groups is 1. The van der Waals surface area contributed by atoms with E-state index in [0.717, 1.165) is 5.56 Å². The average Bonchev–Trinajstić information content (AvgIpc) is 2.66. The zero-order chi connectivity index (χ0) is 21.4. The van der Waals surface area contributed by atoms with Crippen LogP contribution in [0.4, 0.5) is 0 Å². The van der Waals surface area contributed by atoms with Gasteiger partial charge >= 0.3 is 5.97 Å². The fraction of sp³-hybridized carbons (Fsp3) is 0.350. The molecule has 156 valence electrons. The Kier molecular flexibility index (Phi) is 8.70. The van der Waals surface area contributed by atoms with E-state index < -0.39 is 18.0 Å². The zero-order valence-corrected chi connectivity index (χ0v) is 17.5. The second-order valence-corrected chi connectivity index (χ2v) is 7.11. The molecule has 29 heavy (non-hydrogen) atoms. The Morgan fingerprint density at radius 2 is 1.90 bits per heavy atom. The number of aromatic nitrogens is 1. The van der Waals surface area contributed by atoms with Crippen molar-refractivity contribution in [2.24, 2.45) is 0 Å². The van der Waals surface area contributed by atoms with E-state index in [1.807, 2.05) is 19.1 Å². The van der Waals surface area contributed by atoms with Gasteiger partial charge < -0.3 is 19.9 Å². The SMILES string of the molecule is CCOC(=O)COc1ccc(CC(C)NC(=O)C(O)c2cc(Cl)cc(Cl)n2)cc1. The summed E-state index contributed by atoms with van der Waals surface area (Å²) >= 11 is 11.7. The molecule has 2 atom stereocenters. The molecule has 9 heteroatoms. The fourth-order valence-electron chi connectivity index (χ4n) is 2.55. The van der Waals surface area contributed by atoms with Crippen molar-refractivity contribution in [1.82, 2.24) is 10.3 Å². The first-order valence-corrected chi connectivity index (χ1v) is 9.73. The molecule has 2 unspecified atom stereocenters. The number of amides is 1. The molecular formula is C20H22Cl2N2O5. The second-order valence-electron chi connectivity index (χ2n) is 6.29. The van der Waals surface area contributed by atoms with Crippen LogP contribution >= 0.6 is 23.2 Å². The molecule has 0 saturated carbocycles. The molecule has 1 aromatic heterocycles. The maximum Gasteiger partial charge on any atom is 0.344 e. The second kappa shape index (κ2) is 11.0. The van der Waals surface area contributed by atoms with Crippen molar-refractivity contribution >= 4 is 35.1 Å². The summed E-state index contributed by atoms with van der Waals surface area (Å²) in [6, 6.07) is 9.68. The smallest absolute Gasteiger partial charge is 0.344 e. The lowest BCUT2D eigenvalue weighted by Gasteiger charge is -2.17. The number of ether oxygens (including phenoxy) is 2. The van der Waals surface area contributed by atoms with Gasteiger partial charge in [-0.1, -0.05) is 35.3 Å². The third-order valence-electron chi connectivity index (χ3n) is 3.82. The number of hydrogen-bond donors (Lipinski definition) is 2. The minimum Gasteiger partial charge on any atom is -0.482 e. The lowest BCUT2D eigenvalue weighted by Crippen LogP contribution is -2.37. The van der Waals surface area contributed by atoms with Gasteiger partial charge in [-0.05, 0) is 50.1 Å². The van der Waals surface area contributed by atoms with Crippen LogP contribution in [0.5, 0.6) is 5.75 Å². The van der Waals surface area contributed by atoms with E-state index in [1.165, 1.54) is 12.1 Å². The molecule has 1 heterocycles. The van der Waals surface area contributed by atoms with Gasteiger partial charge in [-0.25, -0.2) is 9.78 Å². The molecule has 0 spiro atoms. The molecule has 0 aliphatic rings. The molecule has 0 fully saturated rings. The summed E-state index contributed by atoms with van der Waals surface area (Å²) in [4.78, 5) is 27.5. The summed E-state index contributed by atoms with van der Waals surface area (Å²) in [7, 11) is 0. The molecule has 0 aliphatic carbocycles. The highest BCUT2D eigenvalue weighted by molar-refractivity contribution is 6.33. The van der Waals surface area contributed by atoms with E-state index in [4.69, 9.17) is 32.7 Å². The Labute approximate surface area is 178 Å². The topological polar surface area (TPSA) is 97.8 Å². The number of nitrogens with one attached hydrogen (secondary N) is 1. The zero-order valence-electron chi connectivity index (χ0n) is 16.0. The van der Waals surface area contributed by atoms with E-state index in [-0.39, 0.29) is 28.5 Å². The van der Waals surface area contributed by atoms with Crippen molar-refractivity contribution in [1.29, 1.82) is 0 Å². The van der Waals surface area contributed by atoms with Crippen LogP contribution in [0, 0.1) is 0 Å². The molecule has 0 aliphatic heterocycles. The number of carbonyl (C=O) groups excluding carboxylic acids is 2. The molecule has 0 saturated heterocycles. The predicted octanol–water partition coefficient (Wildman–Crippen LogP) is 3.11. The van der Waals surface area contributed by atoms with Crippen molar-refractivity contribution in [2.75, 3.05) is 13.2 Å². The molecule has 2 rings (SSSR count). The predicted molar refractivity (Wildman–Crippen MR) is 109 cm³/mol. The van der Waals surface area contributed by atoms with Gasteiger partial charge in [0.25, 0.3) is 5.91 Å². The number of rotatable bonds is 9. The number of esters is 1. The number of aliphatic hydroxyl groups excluding tert-OH is 1. The first-order valence-electron chi connectivity index (χ1n) is 8.97. The summed E-state index contributed by atoms with van der Waals surface area (Å²) in [5.41, 5.74) is 1.02. The van der Waals surface area contributed by atoms with Gasteiger partial charge in [0.15, 0.2) is 12.7 Å². The maximum atomic E-state index is 12.3. The molecule has 0 bridgehead atoms. The summed E-state index contributed by atoms with van der Waals surface area (Å²) in [5, 5.41) is 13.3. The van der Waals surface area contributed by atoms with Gasteiger partial charge in [-0.2, -0.15) is 0 Å². The van der Waals surface area contributed by atoms with Crippen LogP contribution in [-0.2, 0) is 20.7 Å². The Hall–Kier alpha value is -2.35. The van der Waals surface area contributed by atoms with Crippen molar-refractivity contribution in [2.45, 2.75) is 32.4 Å². The van der Waals surface area contributed by atoms with Gasteiger partial charge in [0.2, 0.25) is 0 Å². The van der Waals surface area contributed by atoms with Crippen LogP contribution in [0.3, 0.4) is 0 Å². The third-order valence-corrected chi connectivity index (χ3v) is 4.23. The molecule has 2 aromatic rings. The number of nitrogens with zero attached hydrogens (tertiary/aromatic N) is 1. The van der Waals surface area contributed by atoms with Gasteiger partial charge in [-0.15, -0.1) is 0 Å². The first kappa shape index (κ1) is 22.9. The molecule has 0 radical (unpaired) electrons. The van der Waals surface area contributed by atoms with Crippen molar-refractivity contribution < 1.29 is 24.2 Å². The standard InChI is InChI=1S/C20H22Cl2N2O5/c1-3-28-18(25)11-29-15-6-4-13(5-7-15)8-12(2)23-20(27)19(26)16-9-14(21)10-17(22)24-16/h4-7,9-10,12,19,26H,3,8,11H2,1-2H3,(H,23,27). The Balaban J connectivity index is 1.87. The van der Waals surface area contributed by atoms with Crippen LogP contribution in [0.25, 0.3) is 0 Å². The van der Waals surface area contributed by atoms with E-state index in [0.29, 0.717) is 18.8 Å². The normalized spacial score (nSPS) is 12.7. The molecule has 1 aromatic carbocycles. The van der Waals surface area contributed by atoms with E-state index in [2.05, 4.69) is 10.3 Å². The molecule has 1 amide bonds. The number of halogens is 2. The molecular weight excluding hydrogens is 419 g/mol. The number of pyridine rings is 1. The number of hydrogen-bond acceptors (Lipinski definition) is 6. The number of benzene rings is 1. The molecule has 2 N–H and O–H groups in total. The summed E-state index contributed by atoms with van der Waals surface area (Å²) in [6.45, 7) is 3.69. The number of carbonyl (C=O) groups is 2. The van der Waals surface area contributed by atoms with Crippen molar-refractivity contribution in [3.8, 4) is 5.75 Å².